The van der Waals surface area contributed by atoms with Gasteiger partial charge in [-0.1, -0.05) is 30.3 Å². The lowest BCUT2D eigenvalue weighted by molar-refractivity contribution is 0.518. The zero-order chi connectivity index (χ0) is 14.3. The summed E-state index contributed by atoms with van der Waals surface area (Å²) in [4.78, 5) is 8.63. The lowest BCUT2D eigenvalue weighted by atomic mass is 10.2. The fourth-order valence-electron chi connectivity index (χ4n) is 1.91. The molecule has 0 unspecified atom stereocenters. The number of hydrogen-bond acceptors (Lipinski definition) is 5. The molecule has 0 aliphatic rings. The SMILES string of the molecule is c1ccc(CNc2nccc(NCc3ccco3)n2)cc1. The Morgan fingerprint density at radius 2 is 1.81 bits per heavy atom. The molecule has 21 heavy (non-hydrogen) atoms. The highest BCUT2D eigenvalue weighted by atomic mass is 16.3. The van der Waals surface area contributed by atoms with Crippen LogP contribution in [0.4, 0.5) is 11.8 Å². The summed E-state index contributed by atoms with van der Waals surface area (Å²) in [5.41, 5.74) is 1.19. The fraction of sp³-hybridized carbons (Fsp3) is 0.125. The van der Waals surface area contributed by atoms with Crippen molar-refractivity contribution in [2.45, 2.75) is 13.1 Å². The van der Waals surface area contributed by atoms with Gasteiger partial charge < -0.3 is 15.1 Å². The average molecular weight is 280 g/mol. The highest BCUT2D eigenvalue weighted by molar-refractivity contribution is 5.40. The van der Waals surface area contributed by atoms with E-state index in [1.165, 1.54) is 5.56 Å². The third-order valence-corrected chi connectivity index (χ3v) is 2.97. The summed E-state index contributed by atoms with van der Waals surface area (Å²) in [5.74, 6) is 2.23. The van der Waals surface area contributed by atoms with Crippen LogP contribution >= 0.6 is 0 Å². The van der Waals surface area contributed by atoms with Crippen LogP contribution in [0.3, 0.4) is 0 Å². The number of hydrogen-bond donors (Lipinski definition) is 2. The van der Waals surface area contributed by atoms with Crippen LogP contribution in [-0.2, 0) is 13.1 Å². The zero-order valence-electron chi connectivity index (χ0n) is 11.5. The number of nitrogens with zero attached hydrogens (tertiary/aromatic N) is 2. The monoisotopic (exact) mass is 280 g/mol. The van der Waals surface area contributed by atoms with E-state index in [1.807, 2.05) is 36.4 Å². The number of furan rings is 1. The van der Waals surface area contributed by atoms with Gasteiger partial charge in [-0.25, -0.2) is 4.98 Å². The van der Waals surface area contributed by atoms with Gasteiger partial charge in [0, 0.05) is 12.7 Å². The van der Waals surface area contributed by atoms with Gasteiger partial charge in [-0.2, -0.15) is 4.98 Å². The molecule has 0 spiro atoms. The van der Waals surface area contributed by atoms with Crippen molar-refractivity contribution in [2.24, 2.45) is 0 Å². The topological polar surface area (TPSA) is 63.0 Å². The Labute approximate surface area is 123 Å². The molecule has 0 bridgehead atoms. The third kappa shape index (κ3) is 3.82. The molecular weight excluding hydrogens is 264 g/mol. The summed E-state index contributed by atoms with van der Waals surface area (Å²) in [5, 5.41) is 6.41. The second kappa shape index (κ2) is 6.56. The van der Waals surface area contributed by atoms with Crippen LogP contribution in [0.15, 0.2) is 65.4 Å². The minimum absolute atomic E-state index is 0.599. The summed E-state index contributed by atoms with van der Waals surface area (Å²) < 4.78 is 5.27. The summed E-state index contributed by atoms with van der Waals surface area (Å²) in [6.45, 7) is 1.30. The first-order valence-corrected chi connectivity index (χ1v) is 6.77. The van der Waals surface area contributed by atoms with Crippen molar-refractivity contribution < 1.29 is 4.42 Å². The molecule has 3 rings (SSSR count). The molecule has 0 saturated heterocycles. The molecule has 2 heterocycles. The van der Waals surface area contributed by atoms with Gasteiger partial charge in [-0.3, -0.25) is 0 Å². The van der Waals surface area contributed by atoms with Gasteiger partial charge in [0.2, 0.25) is 5.95 Å². The van der Waals surface area contributed by atoms with E-state index < -0.39 is 0 Å². The van der Waals surface area contributed by atoms with Gasteiger partial charge in [-0.05, 0) is 23.8 Å². The molecule has 3 aromatic rings. The summed E-state index contributed by atoms with van der Waals surface area (Å²) in [6, 6.07) is 15.8. The van der Waals surface area contributed by atoms with Gasteiger partial charge in [0.05, 0.1) is 12.8 Å². The summed E-state index contributed by atoms with van der Waals surface area (Å²) in [7, 11) is 0. The van der Waals surface area contributed by atoms with Crippen molar-refractivity contribution in [2.75, 3.05) is 10.6 Å². The largest absolute Gasteiger partial charge is 0.467 e. The van der Waals surface area contributed by atoms with E-state index in [-0.39, 0.29) is 0 Å². The Balaban J connectivity index is 1.58. The van der Waals surface area contributed by atoms with Gasteiger partial charge in [0.1, 0.15) is 11.6 Å². The first-order valence-electron chi connectivity index (χ1n) is 6.77. The van der Waals surface area contributed by atoms with E-state index in [0.29, 0.717) is 19.0 Å². The standard InChI is InChI=1S/C16H16N4O/c1-2-5-13(6-3-1)11-19-16-17-9-8-15(20-16)18-12-14-7-4-10-21-14/h1-10H,11-12H2,(H2,17,18,19,20). The Morgan fingerprint density at radius 1 is 0.905 bits per heavy atom. The molecule has 0 fully saturated rings. The van der Waals surface area contributed by atoms with Crippen molar-refractivity contribution in [3.05, 3.63) is 72.3 Å². The maximum absolute atomic E-state index is 5.27. The Kier molecular flexibility index (Phi) is 4.12. The van der Waals surface area contributed by atoms with Crippen molar-refractivity contribution in [1.29, 1.82) is 0 Å². The lowest BCUT2D eigenvalue weighted by Gasteiger charge is -2.07. The molecule has 0 saturated carbocycles. The number of aromatic nitrogens is 2. The highest BCUT2D eigenvalue weighted by Gasteiger charge is 2.00. The fourth-order valence-corrected chi connectivity index (χ4v) is 1.91. The highest BCUT2D eigenvalue weighted by Crippen LogP contribution is 2.09. The molecule has 2 N–H and O–H groups in total. The first kappa shape index (κ1) is 13.2. The van der Waals surface area contributed by atoms with Crippen LogP contribution in [0.5, 0.6) is 0 Å². The van der Waals surface area contributed by atoms with E-state index in [0.717, 1.165) is 11.6 Å². The molecule has 0 aliphatic carbocycles. The lowest BCUT2D eigenvalue weighted by Crippen LogP contribution is -2.06. The van der Waals surface area contributed by atoms with Crippen LogP contribution in [0.1, 0.15) is 11.3 Å². The second-order valence-corrected chi connectivity index (χ2v) is 4.54. The van der Waals surface area contributed by atoms with E-state index in [1.54, 1.807) is 12.5 Å². The van der Waals surface area contributed by atoms with E-state index in [2.05, 4.69) is 32.7 Å². The number of rotatable bonds is 6. The zero-order valence-corrected chi connectivity index (χ0v) is 11.5. The van der Waals surface area contributed by atoms with Gasteiger partial charge in [0.15, 0.2) is 0 Å². The third-order valence-electron chi connectivity index (χ3n) is 2.97. The van der Waals surface area contributed by atoms with Crippen LogP contribution in [0.2, 0.25) is 0 Å². The molecule has 5 nitrogen and oxygen atoms in total. The van der Waals surface area contributed by atoms with Crippen molar-refractivity contribution in [1.82, 2.24) is 9.97 Å². The Morgan fingerprint density at radius 3 is 2.62 bits per heavy atom. The molecule has 1 aromatic carbocycles. The van der Waals surface area contributed by atoms with Crippen molar-refractivity contribution >= 4 is 11.8 Å². The Hall–Kier alpha value is -2.82. The van der Waals surface area contributed by atoms with E-state index in [9.17, 15) is 0 Å². The van der Waals surface area contributed by atoms with Crippen molar-refractivity contribution in [3.63, 3.8) is 0 Å². The number of benzene rings is 1. The van der Waals surface area contributed by atoms with Gasteiger partial charge >= 0.3 is 0 Å². The summed E-state index contributed by atoms with van der Waals surface area (Å²) in [6.07, 6.45) is 3.38. The minimum Gasteiger partial charge on any atom is -0.467 e. The van der Waals surface area contributed by atoms with Crippen LogP contribution in [0, 0.1) is 0 Å². The molecule has 0 aliphatic heterocycles. The molecule has 106 valence electrons. The Bertz CT molecular complexity index is 668. The normalized spacial score (nSPS) is 10.3. The molecular formula is C16H16N4O. The van der Waals surface area contributed by atoms with Crippen LogP contribution < -0.4 is 10.6 Å². The maximum Gasteiger partial charge on any atom is 0.224 e. The predicted molar refractivity (Wildman–Crippen MR) is 81.8 cm³/mol. The van der Waals surface area contributed by atoms with Gasteiger partial charge in [-0.15, -0.1) is 0 Å². The van der Waals surface area contributed by atoms with Crippen LogP contribution in [0.25, 0.3) is 0 Å². The number of nitrogens with one attached hydrogen (secondary N) is 2. The average Bonchev–Trinajstić information content (AvgIpc) is 3.06. The van der Waals surface area contributed by atoms with Crippen molar-refractivity contribution in [3.8, 4) is 0 Å². The van der Waals surface area contributed by atoms with Gasteiger partial charge in [0.25, 0.3) is 0 Å². The smallest absolute Gasteiger partial charge is 0.224 e. The first-order chi connectivity index (χ1) is 10.4. The number of anilines is 2. The second-order valence-electron chi connectivity index (χ2n) is 4.54. The molecule has 2 aromatic heterocycles. The maximum atomic E-state index is 5.27. The molecule has 0 atom stereocenters. The minimum atomic E-state index is 0.599. The quantitative estimate of drug-likeness (QED) is 0.725. The molecule has 5 heteroatoms. The molecule has 0 amide bonds. The van der Waals surface area contributed by atoms with E-state index >= 15 is 0 Å². The summed E-state index contributed by atoms with van der Waals surface area (Å²) >= 11 is 0. The van der Waals surface area contributed by atoms with E-state index in [4.69, 9.17) is 4.42 Å². The molecule has 0 radical (unpaired) electrons. The van der Waals surface area contributed by atoms with Crippen LogP contribution in [-0.4, -0.2) is 9.97 Å². The predicted octanol–water partition coefficient (Wildman–Crippen LogP) is 3.29.